The molecule has 0 amide bonds. The number of rotatable bonds is 3. The Labute approximate surface area is 111 Å². The van der Waals surface area contributed by atoms with E-state index in [4.69, 9.17) is 0 Å². The lowest BCUT2D eigenvalue weighted by molar-refractivity contribution is 0.751. The molecule has 0 atom stereocenters. The third-order valence-electron chi connectivity index (χ3n) is 2.83. The summed E-state index contributed by atoms with van der Waals surface area (Å²) in [7, 11) is 0. The lowest BCUT2D eigenvalue weighted by atomic mass is 10.1. The van der Waals surface area contributed by atoms with Gasteiger partial charge in [0.15, 0.2) is 0 Å². The highest BCUT2D eigenvalue weighted by Crippen LogP contribution is 2.15. The van der Waals surface area contributed by atoms with Crippen LogP contribution in [0.1, 0.15) is 11.1 Å². The van der Waals surface area contributed by atoms with Gasteiger partial charge in [-0.05, 0) is 11.6 Å². The molecule has 2 aromatic carbocycles. The van der Waals surface area contributed by atoms with E-state index in [2.05, 4.69) is 40.5 Å². The van der Waals surface area contributed by atoms with E-state index >= 15 is 0 Å². The first-order valence-electron chi connectivity index (χ1n) is 6.12. The Balaban J connectivity index is 1.96. The monoisotopic (exact) mass is 247 g/mol. The largest absolute Gasteiger partial charge is 0.157 e. The van der Waals surface area contributed by atoms with Gasteiger partial charge in [0.25, 0.3) is 0 Å². The van der Waals surface area contributed by atoms with Gasteiger partial charge in [0.05, 0.1) is 18.1 Å². The summed E-state index contributed by atoms with van der Waals surface area (Å²) in [6.45, 7) is 0. The molecule has 1 aromatic heterocycles. The van der Waals surface area contributed by atoms with E-state index in [1.54, 1.807) is 17.2 Å². The average Bonchev–Trinajstić information content (AvgIpc) is 3.01. The van der Waals surface area contributed by atoms with Crippen LogP contribution in [0.5, 0.6) is 0 Å². The highest BCUT2D eigenvalue weighted by Gasteiger charge is 2.01. The van der Waals surface area contributed by atoms with Crippen molar-refractivity contribution in [1.29, 1.82) is 0 Å². The summed E-state index contributed by atoms with van der Waals surface area (Å²) in [6, 6.07) is 18.3. The van der Waals surface area contributed by atoms with Crippen LogP contribution < -0.4 is 0 Å². The van der Waals surface area contributed by atoms with Gasteiger partial charge in [-0.2, -0.15) is 15.0 Å². The van der Waals surface area contributed by atoms with Crippen molar-refractivity contribution in [3.63, 3.8) is 0 Å². The topological polar surface area (TPSA) is 30.7 Å². The predicted octanol–water partition coefficient (Wildman–Crippen LogP) is 3.44. The van der Waals surface area contributed by atoms with Gasteiger partial charge in [0, 0.05) is 5.56 Å². The molecule has 0 fully saturated rings. The Hall–Kier alpha value is -2.68. The van der Waals surface area contributed by atoms with Gasteiger partial charge < -0.3 is 0 Å². The first-order chi connectivity index (χ1) is 9.43. The SMILES string of the molecule is C(=C\c1ccccc1-n1nccn1)/c1ccccc1. The van der Waals surface area contributed by atoms with Gasteiger partial charge in [-0.25, -0.2) is 0 Å². The third kappa shape index (κ3) is 2.60. The minimum absolute atomic E-state index is 0.972. The van der Waals surface area contributed by atoms with Gasteiger partial charge in [-0.15, -0.1) is 0 Å². The first-order valence-corrected chi connectivity index (χ1v) is 6.12. The van der Waals surface area contributed by atoms with Gasteiger partial charge in [0.2, 0.25) is 0 Å². The second-order valence-corrected chi connectivity index (χ2v) is 4.12. The smallest absolute Gasteiger partial charge is 0.0928 e. The molecule has 0 aliphatic carbocycles. The quantitative estimate of drug-likeness (QED) is 0.664. The Morgan fingerprint density at radius 1 is 0.737 bits per heavy atom. The van der Waals surface area contributed by atoms with Crippen molar-refractivity contribution in [3.8, 4) is 5.69 Å². The zero-order valence-electron chi connectivity index (χ0n) is 10.3. The van der Waals surface area contributed by atoms with Crippen molar-refractivity contribution < 1.29 is 0 Å². The number of hydrogen-bond acceptors (Lipinski definition) is 2. The summed E-state index contributed by atoms with van der Waals surface area (Å²) in [5, 5.41) is 8.35. The molecule has 0 aliphatic rings. The van der Waals surface area contributed by atoms with Crippen molar-refractivity contribution in [2.24, 2.45) is 0 Å². The fourth-order valence-corrected chi connectivity index (χ4v) is 1.90. The van der Waals surface area contributed by atoms with E-state index in [1.165, 1.54) is 5.56 Å². The summed E-state index contributed by atoms with van der Waals surface area (Å²) in [4.78, 5) is 1.63. The van der Waals surface area contributed by atoms with Crippen molar-refractivity contribution in [1.82, 2.24) is 15.0 Å². The molecule has 1 heterocycles. The molecule has 0 radical (unpaired) electrons. The number of para-hydroxylation sites is 1. The number of nitrogens with zero attached hydrogens (tertiary/aromatic N) is 3. The van der Waals surface area contributed by atoms with Crippen LogP contribution in [-0.4, -0.2) is 15.0 Å². The zero-order valence-corrected chi connectivity index (χ0v) is 10.3. The van der Waals surface area contributed by atoms with E-state index in [0.717, 1.165) is 11.3 Å². The normalized spacial score (nSPS) is 10.9. The van der Waals surface area contributed by atoms with Crippen LogP contribution in [0, 0.1) is 0 Å². The Kier molecular flexibility index (Phi) is 3.19. The molecule has 3 aromatic rings. The molecule has 0 aliphatic heterocycles. The van der Waals surface area contributed by atoms with E-state index in [1.807, 2.05) is 36.4 Å². The fraction of sp³-hybridized carbons (Fsp3) is 0. The number of hydrogen-bond donors (Lipinski definition) is 0. The molecule has 0 saturated carbocycles. The van der Waals surface area contributed by atoms with Crippen molar-refractivity contribution >= 4 is 12.2 Å². The van der Waals surface area contributed by atoms with Gasteiger partial charge >= 0.3 is 0 Å². The minimum Gasteiger partial charge on any atom is -0.157 e. The first kappa shape index (κ1) is 11.4. The molecule has 0 N–H and O–H groups in total. The second-order valence-electron chi connectivity index (χ2n) is 4.12. The van der Waals surface area contributed by atoms with Crippen LogP contribution >= 0.6 is 0 Å². The summed E-state index contributed by atoms with van der Waals surface area (Å²) >= 11 is 0. The molecule has 19 heavy (non-hydrogen) atoms. The molecule has 0 spiro atoms. The number of benzene rings is 2. The fourth-order valence-electron chi connectivity index (χ4n) is 1.90. The Morgan fingerprint density at radius 2 is 1.42 bits per heavy atom. The van der Waals surface area contributed by atoms with Crippen LogP contribution in [0.15, 0.2) is 67.0 Å². The Morgan fingerprint density at radius 3 is 2.21 bits per heavy atom. The maximum Gasteiger partial charge on any atom is 0.0928 e. The molecule has 0 bridgehead atoms. The van der Waals surface area contributed by atoms with Crippen LogP contribution in [-0.2, 0) is 0 Å². The van der Waals surface area contributed by atoms with Gasteiger partial charge in [-0.1, -0.05) is 60.7 Å². The van der Waals surface area contributed by atoms with Gasteiger partial charge in [-0.3, -0.25) is 0 Å². The van der Waals surface area contributed by atoms with Crippen molar-refractivity contribution in [2.45, 2.75) is 0 Å². The zero-order chi connectivity index (χ0) is 12.9. The molecular weight excluding hydrogens is 234 g/mol. The Bertz CT molecular complexity index is 670. The molecule has 0 saturated heterocycles. The molecule has 3 nitrogen and oxygen atoms in total. The lowest BCUT2D eigenvalue weighted by Gasteiger charge is -2.04. The molecule has 3 rings (SSSR count). The molecule has 92 valence electrons. The standard InChI is InChI=1S/C16H13N3/c1-2-6-14(7-3-1)10-11-15-8-4-5-9-16(15)19-17-12-13-18-19/h1-13H/b11-10+. The van der Waals surface area contributed by atoms with E-state index in [0.29, 0.717) is 0 Å². The summed E-state index contributed by atoms with van der Waals surface area (Å²) in [5.41, 5.74) is 3.23. The summed E-state index contributed by atoms with van der Waals surface area (Å²) < 4.78 is 0. The highest BCUT2D eigenvalue weighted by molar-refractivity contribution is 5.73. The van der Waals surface area contributed by atoms with E-state index in [-0.39, 0.29) is 0 Å². The van der Waals surface area contributed by atoms with Crippen molar-refractivity contribution in [2.75, 3.05) is 0 Å². The summed E-state index contributed by atoms with van der Waals surface area (Å²) in [6.07, 6.45) is 7.52. The maximum absolute atomic E-state index is 4.17. The molecule has 0 unspecified atom stereocenters. The van der Waals surface area contributed by atoms with Crippen LogP contribution in [0.25, 0.3) is 17.8 Å². The third-order valence-corrected chi connectivity index (χ3v) is 2.83. The maximum atomic E-state index is 4.17. The minimum atomic E-state index is 0.972. The van der Waals surface area contributed by atoms with E-state index < -0.39 is 0 Å². The lowest BCUT2D eigenvalue weighted by Crippen LogP contribution is -2.00. The van der Waals surface area contributed by atoms with E-state index in [9.17, 15) is 0 Å². The predicted molar refractivity (Wildman–Crippen MR) is 76.7 cm³/mol. The number of aromatic nitrogens is 3. The molecule has 3 heteroatoms. The van der Waals surface area contributed by atoms with Crippen LogP contribution in [0.4, 0.5) is 0 Å². The molecular formula is C16H13N3. The summed E-state index contributed by atoms with van der Waals surface area (Å²) in [5.74, 6) is 0. The average molecular weight is 247 g/mol. The van der Waals surface area contributed by atoms with Crippen LogP contribution in [0.2, 0.25) is 0 Å². The van der Waals surface area contributed by atoms with Crippen LogP contribution in [0.3, 0.4) is 0 Å². The second kappa shape index (κ2) is 5.31. The van der Waals surface area contributed by atoms with Gasteiger partial charge in [0.1, 0.15) is 0 Å². The highest BCUT2D eigenvalue weighted by atomic mass is 15.5. The van der Waals surface area contributed by atoms with Crippen molar-refractivity contribution in [3.05, 3.63) is 78.1 Å².